The molecule has 10 heteroatoms. The average molecular weight is 447 g/mol. The van der Waals surface area contributed by atoms with Crippen LogP contribution in [0.5, 0.6) is 5.75 Å². The molecule has 3 aromatic heterocycles. The number of aryl methyl sites for hydroxylation is 1. The lowest BCUT2D eigenvalue weighted by Gasteiger charge is -2.38. The molecule has 4 aromatic rings. The zero-order valence-electron chi connectivity index (χ0n) is 18.9. The van der Waals surface area contributed by atoms with E-state index in [0.29, 0.717) is 36.8 Å². The number of piperazine rings is 1. The van der Waals surface area contributed by atoms with Crippen molar-refractivity contribution < 1.29 is 14.3 Å². The first-order valence-electron chi connectivity index (χ1n) is 10.9. The molecule has 4 heterocycles. The first-order valence-corrected chi connectivity index (χ1v) is 10.9. The van der Waals surface area contributed by atoms with Crippen LogP contribution in [0.2, 0.25) is 0 Å². The van der Waals surface area contributed by atoms with Crippen molar-refractivity contribution in [1.82, 2.24) is 24.6 Å². The molecule has 170 valence electrons. The topological polar surface area (TPSA) is 98.0 Å². The van der Waals surface area contributed by atoms with Gasteiger partial charge in [0, 0.05) is 49.5 Å². The highest BCUT2D eigenvalue weighted by atomic mass is 16.5. The third-order valence-corrected chi connectivity index (χ3v) is 5.82. The van der Waals surface area contributed by atoms with Crippen molar-refractivity contribution in [2.45, 2.75) is 13.8 Å². The van der Waals surface area contributed by atoms with Gasteiger partial charge in [-0.15, -0.1) is 0 Å². The molecule has 1 aliphatic heterocycles. The first-order chi connectivity index (χ1) is 16.1. The zero-order chi connectivity index (χ0) is 22.9. The molecule has 10 nitrogen and oxygen atoms in total. The fourth-order valence-electron chi connectivity index (χ4n) is 4.28. The number of fused-ring (bicyclic) bond motifs is 2. The van der Waals surface area contributed by atoms with Gasteiger partial charge < -0.3 is 19.3 Å². The molecule has 5 rings (SSSR count). The Kier molecular flexibility index (Phi) is 5.41. The molecule has 1 aromatic carbocycles. The van der Waals surface area contributed by atoms with Crippen LogP contribution in [0, 0.1) is 6.92 Å². The zero-order valence-corrected chi connectivity index (χ0v) is 18.9. The molecule has 1 saturated heterocycles. The van der Waals surface area contributed by atoms with Crippen LogP contribution >= 0.6 is 0 Å². The Bertz CT molecular complexity index is 1330. The maximum atomic E-state index is 12.8. The Morgan fingerprint density at radius 2 is 1.88 bits per heavy atom. The maximum absolute atomic E-state index is 12.8. The van der Waals surface area contributed by atoms with Crippen LogP contribution in [0.25, 0.3) is 16.7 Å². The van der Waals surface area contributed by atoms with Gasteiger partial charge in [0.05, 0.1) is 24.9 Å². The summed E-state index contributed by atoms with van der Waals surface area (Å²) in [6.07, 6.45) is 3.13. The molecular formula is C23H25N7O3. The summed E-state index contributed by atoms with van der Waals surface area (Å²) in [5.41, 5.74) is 2.98. The van der Waals surface area contributed by atoms with Crippen LogP contribution in [0.15, 0.2) is 36.8 Å². The molecular weight excluding hydrogens is 422 g/mol. The first kappa shape index (κ1) is 20.9. The highest BCUT2D eigenvalue weighted by Crippen LogP contribution is 2.34. The number of nitrogens with zero attached hydrogens (tertiary/aromatic N) is 7. The van der Waals surface area contributed by atoms with Crippen molar-refractivity contribution in [3.05, 3.63) is 48.0 Å². The molecule has 0 spiro atoms. The van der Waals surface area contributed by atoms with Crippen molar-refractivity contribution in [2.24, 2.45) is 0 Å². The normalized spacial score (nSPS) is 14.2. The second kappa shape index (κ2) is 8.53. The molecule has 0 bridgehead atoms. The third kappa shape index (κ3) is 3.77. The number of hydrogen-bond donors (Lipinski definition) is 0. The van der Waals surface area contributed by atoms with Gasteiger partial charge in [0.25, 0.3) is 5.78 Å². The van der Waals surface area contributed by atoms with Gasteiger partial charge in [0.15, 0.2) is 0 Å². The molecule has 0 unspecified atom stereocenters. The van der Waals surface area contributed by atoms with Crippen molar-refractivity contribution >= 4 is 34.2 Å². The predicted octanol–water partition coefficient (Wildman–Crippen LogP) is 2.49. The van der Waals surface area contributed by atoms with E-state index in [1.54, 1.807) is 24.7 Å². The summed E-state index contributed by atoms with van der Waals surface area (Å²) in [7, 11) is 1.63. The molecule has 0 saturated carbocycles. The number of anilines is 2. The standard InChI is InChI=1S/C23H25N7O3/c1-4-33-22(31)18-13-24-19-6-5-16(32-3)12-17(19)21(18)29-9-7-28(8-10-29)20-11-15(2)27-23-25-14-26-30(20)23/h5-6,11-14H,4,7-10H2,1-3H3. The Hall–Kier alpha value is -3.95. The molecule has 0 amide bonds. The Morgan fingerprint density at radius 3 is 2.64 bits per heavy atom. The lowest BCUT2D eigenvalue weighted by Crippen LogP contribution is -2.47. The van der Waals surface area contributed by atoms with E-state index in [9.17, 15) is 4.79 Å². The van der Waals surface area contributed by atoms with E-state index >= 15 is 0 Å². The largest absolute Gasteiger partial charge is 0.497 e. The van der Waals surface area contributed by atoms with Crippen molar-refractivity contribution in [2.75, 3.05) is 49.7 Å². The fourth-order valence-corrected chi connectivity index (χ4v) is 4.28. The number of aromatic nitrogens is 5. The highest BCUT2D eigenvalue weighted by molar-refractivity contribution is 6.05. The van der Waals surface area contributed by atoms with E-state index in [-0.39, 0.29) is 5.97 Å². The number of hydrogen-bond acceptors (Lipinski definition) is 9. The summed E-state index contributed by atoms with van der Waals surface area (Å²) in [6.45, 7) is 6.97. The number of carbonyl (C=O) groups excluding carboxylic acids is 1. The van der Waals surface area contributed by atoms with Crippen LogP contribution in [0.1, 0.15) is 23.0 Å². The van der Waals surface area contributed by atoms with Gasteiger partial charge in [-0.3, -0.25) is 4.98 Å². The van der Waals surface area contributed by atoms with E-state index in [1.807, 2.05) is 31.2 Å². The van der Waals surface area contributed by atoms with E-state index in [1.165, 1.54) is 6.33 Å². The molecule has 1 aliphatic rings. The minimum Gasteiger partial charge on any atom is -0.497 e. The second-order valence-corrected chi connectivity index (χ2v) is 7.83. The Labute approximate surface area is 190 Å². The van der Waals surface area contributed by atoms with Gasteiger partial charge in [-0.05, 0) is 32.0 Å². The fraction of sp³-hybridized carbons (Fsp3) is 0.348. The minimum absolute atomic E-state index is 0.303. The van der Waals surface area contributed by atoms with Gasteiger partial charge in [-0.2, -0.15) is 14.6 Å². The quantitative estimate of drug-likeness (QED) is 0.427. The second-order valence-electron chi connectivity index (χ2n) is 7.83. The van der Waals surface area contributed by atoms with Crippen molar-refractivity contribution in [1.29, 1.82) is 0 Å². The molecule has 0 atom stereocenters. The lowest BCUT2D eigenvalue weighted by molar-refractivity contribution is 0.0526. The predicted molar refractivity (Wildman–Crippen MR) is 124 cm³/mol. The summed E-state index contributed by atoms with van der Waals surface area (Å²) in [4.78, 5) is 30.4. The summed E-state index contributed by atoms with van der Waals surface area (Å²) < 4.78 is 12.5. The molecule has 0 N–H and O–H groups in total. The van der Waals surface area contributed by atoms with Crippen LogP contribution in [0.4, 0.5) is 11.5 Å². The van der Waals surface area contributed by atoms with E-state index in [2.05, 4.69) is 29.9 Å². The van der Waals surface area contributed by atoms with Crippen LogP contribution in [-0.2, 0) is 4.74 Å². The summed E-state index contributed by atoms with van der Waals surface area (Å²) in [6, 6.07) is 7.73. The Balaban J connectivity index is 1.51. The molecule has 33 heavy (non-hydrogen) atoms. The van der Waals surface area contributed by atoms with Crippen LogP contribution in [-0.4, -0.2) is 70.4 Å². The van der Waals surface area contributed by atoms with Crippen molar-refractivity contribution in [3.63, 3.8) is 0 Å². The third-order valence-electron chi connectivity index (χ3n) is 5.82. The maximum Gasteiger partial charge on any atom is 0.341 e. The van der Waals surface area contributed by atoms with Crippen LogP contribution in [0.3, 0.4) is 0 Å². The molecule has 0 aliphatic carbocycles. The monoisotopic (exact) mass is 447 g/mol. The van der Waals surface area contributed by atoms with Gasteiger partial charge in [-0.25, -0.2) is 9.78 Å². The number of rotatable bonds is 5. The van der Waals surface area contributed by atoms with Crippen molar-refractivity contribution in [3.8, 4) is 5.75 Å². The number of methoxy groups -OCH3 is 1. The minimum atomic E-state index is -0.374. The van der Waals surface area contributed by atoms with Gasteiger partial charge in [0.2, 0.25) is 0 Å². The van der Waals surface area contributed by atoms with E-state index < -0.39 is 0 Å². The molecule has 0 radical (unpaired) electrons. The number of esters is 1. The van der Waals surface area contributed by atoms with Gasteiger partial charge >= 0.3 is 5.97 Å². The van der Waals surface area contributed by atoms with Gasteiger partial charge in [-0.1, -0.05) is 0 Å². The SMILES string of the molecule is CCOC(=O)c1cnc2ccc(OC)cc2c1N1CCN(c2cc(C)nc3ncnn23)CC1. The highest BCUT2D eigenvalue weighted by Gasteiger charge is 2.26. The van der Waals surface area contributed by atoms with Crippen LogP contribution < -0.4 is 14.5 Å². The smallest absolute Gasteiger partial charge is 0.341 e. The molecule has 1 fully saturated rings. The van der Waals surface area contributed by atoms with Gasteiger partial charge in [0.1, 0.15) is 23.5 Å². The van der Waals surface area contributed by atoms with E-state index in [0.717, 1.165) is 41.2 Å². The summed E-state index contributed by atoms with van der Waals surface area (Å²) >= 11 is 0. The number of ether oxygens (including phenoxy) is 2. The lowest BCUT2D eigenvalue weighted by atomic mass is 10.1. The number of benzene rings is 1. The number of pyridine rings is 1. The van der Waals surface area contributed by atoms with E-state index in [4.69, 9.17) is 9.47 Å². The summed E-state index contributed by atoms with van der Waals surface area (Å²) in [5, 5.41) is 5.20. The number of carbonyl (C=O) groups is 1. The summed E-state index contributed by atoms with van der Waals surface area (Å²) in [5.74, 6) is 1.89. The Morgan fingerprint density at radius 1 is 1.09 bits per heavy atom. The average Bonchev–Trinajstić information content (AvgIpc) is 3.31.